The Labute approximate surface area is 71.8 Å². The van der Waals surface area contributed by atoms with Crippen LogP contribution >= 0.6 is 0 Å². The van der Waals surface area contributed by atoms with Crippen molar-refractivity contribution in [2.45, 2.75) is 13.3 Å². The normalized spacial score (nSPS) is 9.92. The molecule has 0 unspecified atom stereocenters. The Morgan fingerprint density at radius 1 is 1.67 bits per heavy atom. The van der Waals surface area contributed by atoms with Crippen LogP contribution in [0.4, 0.5) is 4.79 Å². The largest absolute Gasteiger partial charge is 0.344 e. The summed E-state index contributed by atoms with van der Waals surface area (Å²) in [6, 6.07) is 1.73. The average molecular weight is 167 g/mol. The van der Waals surface area contributed by atoms with Crippen molar-refractivity contribution < 1.29 is 4.79 Å². The first-order valence-electron chi connectivity index (χ1n) is 3.91. The molecular weight excluding hydrogens is 154 g/mol. The third-order valence-electron chi connectivity index (χ3n) is 1.59. The van der Waals surface area contributed by atoms with E-state index in [1.807, 2.05) is 13.0 Å². The number of carbonyl (C=O) groups is 1. The van der Waals surface area contributed by atoms with Crippen molar-refractivity contribution in [2.24, 2.45) is 0 Å². The highest BCUT2D eigenvalue weighted by atomic mass is 16.2. The van der Waals surface area contributed by atoms with Crippen LogP contribution in [0.2, 0.25) is 0 Å². The van der Waals surface area contributed by atoms with Crippen molar-refractivity contribution in [1.82, 2.24) is 14.7 Å². The van der Waals surface area contributed by atoms with E-state index in [4.69, 9.17) is 0 Å². The predicted molar refractivity (Wildman–Crippen MR) is 46.1 cm³/mol. The first-order chi connectivity index (χ1) is 5.65. The second-order valence-corrected chi connectivity index (χ2v) is 2.78. The molecule has 0 fully saturated rings. The van der Waals surface area contributed by atoms with Crippen molar-refractivity contribution in [3.63, 3.8) is 0 Å². The molecule has 0 saturated carbocycles. The average Bonchev–Trinajstić information content (AvgIpc) is 2.50. The fraction of sp³-hybridized carbons (Fsp3) is 0.500. The monoisotopic (exact) mass is 167 g/mol. The topological polar surface area (TPSA) is 38.1 Å². The number of hydrogen-bond donors (Lipinski definition) is 0. The summed E-state index contributed by atoms with van der Waals surface area (Å²) in [5.74, 6) is 0. The molecule has 0 radical (unpaired) electrons. The Kier molecular flexibility index (Phi) is 2.47. The minimum atomic E-state index is -0.116. The summed E-state index contributed by atoms with van der Waals surface area (Å²) in [5, 5.41) is 4.08. The van der Waals surface area contributed by atoms with Gasteiger partial charge in [0.2, 0.25) is 0 Å². The van der Waals surface area contributed by atoms with E-state index >= 15 is 0 Å². The zero-order valence-electron chi connectivity index (χ0n) is 7.61. The zero-order chi connectivity index (χ0) is 9.14. The molecule has 4 nitrogen and oxygen atoms in total. The molecule has 1 heterocycles. The van der Waals surface area contributed by atoms with Crippen LogP contribution in [0, 0.1) is 0 Å². The van der Waals surface area contributed by atoms with Crippen molar-refractivity contribution in [3.8, 4) is 0 Å². The van der Waals surface area contributed by atoms with Crippen LogP contribution in [0.5, 0.6) is 0 Å². The Hall–Kier alpha value is -1.32. The summed E-state index contributed by atoms with van der Waals surface area (Å²) in [6.07, 6.45) is 2.54. The van der Waals surface area contributed by atoms with Crippen LogP contribution in [-0.4, -0.2) is 34.8 Å². The van der Waals surface area contributed by atoms with Crippen molar-refractivity contribution in [3.05, 3.63) is 18.0 Å². The highest BCUT2D eigenvalue weighted by Crippen LogP contribution is 1.97. The molecule has 0 spiro atoms. The first kappa shape index (κ1) is 8.77. The van der Waals surface area contributed by atoms with Gasteiger partial charge in [-0.05, 0) is 12.5 Å². The van der Waals surface area contributed by atoms with Gasteiger partial charge in [-0.3, -0.25) is 0 Å². The number of aryl methyl sites for hydroxylation is 1. The lowest BCUT2D eigenvalue weighted by molar-refractivity contribution is 0.215. The molecule has 0 N–H and O–H groups in total. The molecule has 0 bridgehead atoms. The first-order valence-corrected chi connectivity index (χ1v) is 3.91. The number of hydrogen-bond acceptors (Lipinski definition) is 2. The molecule has 1 amide bonds. The maximum atomic E-state index is 11.3. The predicted octanol–water partition coefficient (Wildman–Crippen LogP) is 0.975. The molecule has 1 rings (SSSR count). The summed E-state index contributed by atoms with van der Waals surface area (Å²) in [6.45, 7) is 2.01. The molecule has 4 heteroatoms. The second kappa shape index (κ2) is 3.38. The molecule has 0 aromatic carbocycles. The van der Waals surface area contributed by atoms with Crippen molar-refractivity contribution in [2.75, 3.05) is 14.1 Å². The molecule has 0 aliphatic carbocycles. The molecule has 0 aliphatic heterocycles. The van der Waals surface area contributed by atoms with E-state index in [1.165, 1.54) is 9.58 Å². The lowest BCUT2D eigenvalue weighted by atomic mass is 10.4. The van der Waals surface area contributed by atoms with Crippen molar-refractivity contribution >= 4 is 6.03 Å². The maximum absolute atomic E-state index is 11.3. The van der Waals surface area contributed by atoms with Gasteiger partial charge in [-0.2, -0.15) is 9.78 Å². The lowest BCUT2D eigenvalue weighted by Gasteiger charge is -2.08. The highest BCUT2D eigenvalue weighted by molar-refractivity contribution is 5.75. The number of carbonyl (C=O) groups excluding carboxylic acids is 1. The van der Waals surface area contributed by atoms with Crippen LogP contribution in [0.1, 0.15) is 12.6 Å². The van der Waals surface area contributed by atoms with E-state index in [9.17, 15) is 4.79 Å². The minimum Gasteiger partial charge on any atom is -0.329 e. The standard InChI is InChI=1S/C8H13N3O/c1-4-7-5-6-11(9-7)8(12)10(2)3/h5-6H,4H2,1-3H3. The summed E-state index contributed by atoms with van der Waals surface area (Å²) < 4.78 is 1.35. The third-order valence-corrected chi connectivity index (χ3v) is 1.59. The molecule has 66 valence electrons. The minimum absolute atomic E-state index is 0.116. The van der Waals surface area contributed by atoms with E-state index in [1.54, 1.807) is 20.3 Å². The third kappa shape index (κ3) is 1.64. The van der Waals surface area contributed by atoms with Crippen LogP contribution in [0.25, 0.3) is 0 Å². The van der Waals surface area contributed by atoms with Gasteiger partial charge >= 0.3 is 6.03 Å². The van der Waals surface area contributed by atoms with E-state index in [-0.39, 0.29) is 6.03 Å². The molecule has 0 saturated heterocycles. The van der Waals surface area contributed by atoms with E-state index in [0.717, 1.165) is 12.1 Å². The van der Waals surface area contributed by atoms with Gasteiger partial charge in [-0.15, -0.1) is 0 Å². The summed E-state index contributed by atoms with van der Waals surface area (Å²) in [7, 11) is 3.41. The van der Waals surface area contributed by atoms with Crippen LogP contribution in [-0.2, 0) is 6.42 Å². The number of nitrogens with zero attached hydrogens (tertiary/aromatic N) is 3. The van der Waals surface area contributed by atoms with Gasteiger partial charge in [0.15, 0.2) is 0 Å². The van der Waals surface area contributed by atoms with E-state index in [2.05, 4.69) is 5.10 Å². The van der Waals surface area contributed by atoms with Gasteiger partial charge in [-0.25, -0.2) is 4.79 Å². The summed E-state index contributed by atoms with van der Waals surface area (Å²) >= 11 is 0. The fourth-order valence-corrected chi connectivity index (χ4v) is 0.862. The number of aromatic nitrogens is 2. The summed E-state index contributed by atoms with van der Waals surface area (Å²) in [5.41, 5.74) is 0.935. The molecule has 0 atom stereocenters. The molecule has 0 aliphatic rings. The molecule has 1 aromatic heterocycles. The number of rotatable bonds is 1. The lowest BCUT2D eigenvalue weighted by Crippen LogP contribution is -2.27. The van der Waals surface area contributed by atoms with E-state index in [0.29, 0.717) is 0 Å². The Morgan fingerprint density at radius 3 is 2.75 bits per heavy atom. The number of amides is 1. The van der Waals surface area contributed by atoms with Crippen LogP contribution in [0.3, 0.4) is 0 Å². The Bertz CT molecular complexity index is 278. The van der Waals surface area contributed by atoms with Crippen LogP contribution < -0.4 is 0 Å². The Morgan fingerprint density at radius 2 is 2.33 bits per heavy atom. The van der Waals surface area contributed by atoms with Crippen molar-refractivity contribution in [1.29, 1.82) is 0 Å². The van der Waals surface area contributed by atoms with Gasteiger partial charge in [0, 0.05) is 20.3 Å². The molecule has 1 aromatic rings. The molecular formula is C8H13N3O. The smallest absolute Gasteiger partial charge is 0.329 e. The maximum Gasteiger partial charge on any atom is 0.344 e. The Balaban J connectivity index is 2.82. The van der Waals surface area contributed by atoms with Gasteiger partial charge in [0.25, 0.3) is 0 Å². The van der Waals surface area contributed by atoms with Gasteiger partial charge in [-0.1, -0.05) is 6.92 Å². The van der Waals surface area contributed by atoms with Gasteiger partial charge in [0.05, 0.1) is 5.69 Å². The second-order valence-electron chi connectivity index (χ2n) is 2.78. The van der Waals surface area contributed by atoms with E-state index < -0.39 is 0 Å². The van der Waals surface area contributed by atoms with Gasteiger partial charge in [0.1, 0.15) is 0 Å². The van der Waals surface area contributed by atoms with Crippen LogP contribution in [0.15, 0.2) is 12.3 Å². The highest BCUT2D eigenvalue weighted by Gasteiger charge is 2.07. The molecule has 12 heavy (non-hydrogen) atoms. The quantitative estimate of drug-likeness (QED) is 0.625. The summed E-state index contributed by atoms with van der Waals surface area (Å²) in [4.78, 5) is 12.8. The zero-order valence-corrected chi connectivity index (χ0v) is 7.61. The SMILES string of the molecule is CCc1ccn(C(=O)N(C)C)n1. The van der Waals surface area contributed by atoms with Gasteiger partial charge < -0.3 is 4.90 Å². The fourth-order valence-electron chi connectivity index (χ4n) is 0.862.